The Morgan fingerprint density at radius 3 is 2.37 bits per heavy atom. The van der Waals surface area contributed by atoms with Crippen LogP contribution >= 0.6 is 11.6 Å². The van der Waals surface area contributed by atoms with E-state index in [1.807, 2.05) is 6.07 Å². The number of carboxylic acid groups (broad SMARTS) is 1. The van der Waals surface area contributed by atoms with Crippen molar-refractivity contribution >= 4 is 23.6 Å². The lowest BCUT2D eigenvalue weighted by molar-refractivity contribution is -0.149. The van der Waals surface area contributed by atoms with Gasteiger partial charge >= 0.3 is 6.09 Å². The second-order valence-electron chi connectivity index (χ2n) is 9.60. The molecular weight excluding hydrogens is 408 g/mol. The van der Waals surface area contributed by atoms with E-state index in [1.54, 1.807) is 0 Å². The quantitative estimate of drug-likeness (QED) is 0.545. The zero-order valence-corrected chi connectivity index (χ0v) is 19.0. The second-order valence-corrected chi connectivity index (χ2v) is 10.0. The first-order valence-electron chi connectivity index (χ1n) is 10.2. The minimum atomic E-state index is -1.54. The molecule has 0 aromatic heterocycles. The third-order valence-corrected chi connectivity index (χ3v) is 6.27. The molecule has 30 heavy (non-hydrogen) atoms. The monoisotopic (exact) mass is 438 g/mol. The molecule has 3 rings (SSSR count). The lowest BCUT2D eigenvalue weighted by Gasteiger charge is -2.41. The molecule has 0 radical (unpaired) electrons. The van der Waals surface area contributed by atoms with Crippen LogP contribution in [0.2, 0.25) is 0 Å². The average molecular weight is 439 g/mol. The summed E-state index contributed by atoms with van der Waals surface area (Å²) in [5.41, 5.74) is 1.12. The van der Waals surface area contributed by atoms with Crippen molar-refractivity contribution in [2.75, 3.05) is 26.3 Å². The number of amides is 2. The van der Waals surface area contributed by atoms with Crippen LogP contribution in [0, 0.1) is 0 Å². The summed E-state index contributed by atoms with van der Waals surface area (Å²) in [5, 5.41) is 20.0. The van der Waals surface area contributed by atoms with Gasteiger partial charge in [-0.2, -0.15) is 0 Å². The first-order valence-corrected chi connectivity index (χ1v) is 10.7. The lowest BCUT2D eigenvalue weighted by atomic mass is 9.80. The molecule has 8 heteroatoms. The minimum Gasteiger partial charge on any atom is -0.465 e. The second kappa shape index (κ2) is 8.02. The maximum absolute atomic E-state index is 12.8. The van der Waals surface area contributed by atoms with Gasteiger partial charge in [-0.05, 0) is 47.9 Å². The van der Waals surface area contributed by atoms with E-state index in [4.69, 9.17) is 16.3 Å². The molecule has 2 atom stereocenters. The van der Waals surface area contributed by atoms with Gasteiger partial charge in [-0.1, -0.05) is 44.5 Å². The highest BCUT2D eigenvalue weighted by atomic mass is 35.5. The van der Waals surface area contributed by atoms with Crippen LogP contribution in [-0.4, -0.2) is 63.9 Å². The zero-order chi connectivity index (χ0) is 22.4. The summed E-state index contributed by atoms with van der Waals surface area (Å²) in [6.45, 7) is 10.4. The van der Waals surface area contributed by atoms with E-state index in [2.05, 4.69) is 26.8 Å². The highest BCUT2D eigenvalue weighted by Crippen LogP contribution is 2.43. The molecule has 0 spiro atoms. The molecule has 2 amide bonds. The van der Waals surface area contributed by atoms with Gasteiger partial charge in [0.25, 0.3) is 5.91 Å². The van der Waals surface area contributed by atoms with Crippen LogP contribution in [0.25, 0.3) is 0 Å². The van der Waals surface area contributed by atoms with Crippen molar-refractivity contribution in [2.45, 2.75) is 63.6 Å². The average Bonchev–Trinajstić information content (AvgIpc) is 2.65. The van der Waals surface area contributed by atoms with Crippen molar-refractivity contribution in [3.8, 4) is 0 Å². The van der Waals surface area contributed by atoms with Crippen molar-refractivity contribution in [3.63, 3.8) is 0 Å². The van der Waals surface area contributed by atoms with Gasteiger partial charge < -0.3 is 19.8 Å². The summed E-state index contributed by atoms with van der Waals surface area (Å²) in [7, 11) is 0. The van der Waals surface area contributed by atoms with E-state index in [0.29, 0.717) is 19.6 Å². The number of hydrogen-bond donors (Lipinski definition) is 2. The molecular formula is C22H31ClN2O5. The van der Waals surface area contributed by atoms with Crippen LogP contribution in [0.3, 0.4) is 0 Å². The normalized spacial score (nSPS) is 22.6. The third kappa shape index (κ3) is 4.29. The molecule has 1 fully saturated rings. The summed E-state index contributed by atoms with van der Waals surface area (Å²) >= 11 is 6.82. The molecule has 0 aliphatic carbocycles. The maximum atomic E-state index is 12.8. The molecule has 0 saturated carbocycles. The molecule has 1 saturated heterocycles. The van der Waals surface area contributed by atoms with Crippen LogP contribution in [-0.2, 0) is 21.4 Å². The summed E-state index contributed by atoms with van der Waals surface area (Å²) in [6, 6.07) is 3.60. The number of carbonyl (C=O) groups excluding carboxylic acids is 1. The molecule has 1 aromatic carbocycles. The molecule has 2 aliphatic heterocycles. The number of halogens is 1. The van der Waals surface area contributed by atoms with Gasteiger partial charge in [-0.25, -0.2) is 4.79 Å². The van der Waals surface area contributed by atoms with Gasteiger partial charge in [0.1, 0.15) is 11.1 Å². The molecule has 2 heterocycles. The Hall–Kier alpha value is -1.83. The minimum absolute atomic E-state index is 0.144. The first kappa shape index (κ1) is 22.8. The van der Waals surface area contributed by atoms with Gasteiger partial charge in [-0.3, -0.25) is 9.69 Å². The summed E-state index contributed by atoms with van der Waals surface area (Å²) in [6.07, 6.45) is -0.428. The summed E-state index contributed by atoms with van der Waals surface area (Å²) in [4.78, 5) is 27.6. The maximum Gasteiger partial charge on any atom is 0.407 e. The van der Waals surface area contributed by atoms with Crippen molar-refractivity contribution in [1.82, 2.24) is 9.80 Å². The lowest BCUT2D eigenvalue weighted by Crippen LogP contribution is -2.49. The SMILES string of the molecule is CC(C)(O)C(=O)N1CCc2cc(C(C)(C)C)cc([C@@H]3COCCN3C(=O)O)c2C1Cl. The summed E-state index contributed by atoms with van der Waals surface area (Å²) < 4.78 is 5.63. The molecule has 1 unspecified atom stereocenters. The predicted octanol–water partition coefficient (Wildman–Crippen LogP) is 3.43. The van der Waals surface area contributed by atoms with Gasteiger partial charge in [-0.15, -0.1) is 0 Å². The number of alkyl halides is 1. The van der Waals surface area contributed by atoms with Crippen molar-refractivity contribution in [1.29, 1.82) is 0 Å². The van der Waals surface area contributed by atoms with Crippen LogP contribution < -0.4 is 0 Å². The van der Waals surface area contributed by atoms with Crippen LogP contribution in [0.15, 0.2) is 12.1 Å². The topological polar surface area (TPSA) is 90.3 Å². The molecule has 0 bridgehead atoms. The molecule has 166 valence electrons. The fraction of sp³-hybridized carbons (Fsp3) is 0.636. The van der Waals surface area contributed by atoms with Gasteiger partial charge in [0, 0.05) is 13.1 Å². The Morgan fingerprint density at radius 1 is 1.13 bits per heavy atom. The predicted molar refractivity (Wildman–Crippen MR) is 114 cm³/mol. The number of fused-ring (bicyclic) bond motifs is 1. The van der Waals surface area contributed by atoms with E-state index in [9.17, 15) is 19.8 Å². The van der Waals surface area contributed by atoms with E-state index >= 15 is 0 Å². The number of aliphatic hydroxyl groups is 1. The van der Waals surface area contributed by atoms with E-state index < -0.39 is 29.1 Å². The van der Waals surface area contributed by atoms with E-state index in [1.165, 1.54) is 23.6 Å². The fourth-order valence-corrected chi connectivity index (χ4v) is 4.55. The first-order chi connectivity index (χ1) is 13.8. The number of hydrogen-bond acceptors (Lipinski definition) is 4. The highest BCUT2D eigenvalue weighted by molar-refractivity contribution is 6.22. The summed E-state index contributed by atoms with van der Waals surface area (Å²) in [5.74, 6) is -0.450. The van der Waals surface area contributed by atoms with Gasteiger partial charge in [0.15, 0.2) is 0 Å². The number of nitrogens with zero attached hydrogens (tertiary/aromatic N) is 2. The molecule has 7 nitrogen and oxygen atoms in total. The van der Waals surface area contributed by atoms with Gasteiger partial charge in [0.05, 0.1) is 19.3 Å². The fourth-order valence-electron chi connectivity index (χ4n) is 4.10. The Kier molecular flexibility index (Phi) is 6.11. The molecule has 1 aromatic rings. The van der Waals surface area contributed by atoms with Crippen LogP contribution in [0.5, 0.6) is 0 Å². The number of ether oxygens (including phenoxy) is 1. The van der Waals surface area contributed by atoms with Crippen molar-refractivity contribution in [3.05, 3.63) is 34.4 Å². The molecule has 2 N–H and O–H groups in total. The number of morpholine rings is 1. The van der Waals surface area contributed by atoms with Crippen molar-refractivity contribution in [2.24, 2.45) is 0 Å². The Balaban J connectivity index is 2.16. The van der Waals surface area contributed by atoms with E-state index in [-0.39, 0.29) is 18.6 Å². The zero-order valence-electron chi connectivity index (χ0n) is 18.2. The molecule has 2 aliphatic rings. The number of benzene rings is 1. The Labute approximate surface area is 182 Å². The Morgan fingerprint density at radius 2 is 1.80 bits per heavy atom. The van der Waals surface area contributed by atoms with Crippen LogP contribution in [0.1, 0.15) is 68.4 Å². The Bertz CT molecular complexity index is 843. The smallest absolute Gasteiger partial charge is 0.407 e. The standard InChI is InChI=1S/C22H31ClN2O5/c1-21(2,3)14-10-13-6-7-25(19(26)22(4,5)29)18(23)17(13)15(11-14)16-12-30-9-8-24(16)20(27)28/h10-11,16,18,29H,6-9,12H2,1-5H3,(H,27,28)/t16-,18?/m0/s1. The third-order valence-electron chi connectivity index (χ3n) is 5.82. The van der Waals surface area contributed by atoms with Gasteiger partial charge in [0.2, 0.25) is 0 Å². The largest absolute Gasteiger partial charge is 0.465 e. The number of carbonyl (C=O) groups is 2. The van der Waals surface area contributed by atoms with Crippen molar-refractivity contribution < 1.29 is 24.5 Å². The highest BCUT2D eigenvalue weighted by Gasteiger charge is 2.40. The van der Waals surface area contributed by atoms with Crippen LogP contribution in [0.4, 0.5) is 4.79 Å². The van der Waals surface area contributed by atoms with E-state index in [0.717, 1.165) is 22.3 Å². The number of rotatable bonds is 2.